The first-order chi connectivity index (χ1) is 18.7. The SMILES string of the molecule is CCCNCc1cc(Cl)c(OC2CCc3c(-c4ccccc4)cccc32)cc1OCc1cncc(C#N)c1. The maximum atomic E-state index is 9.20. The van der Waals surface area contributed by atoms with Crippen molar-refractivity contribution in [1.82, 2.24) is 10.3 Å². The van der Waals surface area contributed by atoms with E-state index in [9.17, 15) is 5.26 Å². The van der Waals surface area contributed by atoms with Gasteiger partial charge >= 0.3 is 0 Å². The first-order valence-corrected chi connectivity index (χ1v) is 13.4. The summed E-state index contributed by atoms with van der Waals surface area (Å²) in [5.41, 5.74) is 7.31. The fourth-order valence-electron chi connectivity index (χ4n) is 4.91. The summed E-state index contributed by atoms with van der Waals surface area (Å²) in [6.45, 7) is 3.95. The highest BCUT2D eigenvalue weighted by Crippen LogP contribution is 2.42. The van der Waals surface area contributed by atoms with Crippen LogP contribution in [0.5, 0.6) is 11.5 Å². The van der Waals surface area contributed by atoms with Crippen LogP contribution < -0.4 is 14.8 Å². The normalized spacial score (nSPS) is 14.1. The van der Waals surface area contributed by atoms with E-state index >= 15 is 0 Å². The minimum Gasteiger partial charge on any atom is -0.488 e. The number of pyridine rings is 1. The van der Waals surface area contributed by atoms with Crippen LogP contribution in [-0.4, -0.2) is 11.5 Å². The lowest BCUT2D eigenvalue weighted by atomic mass is 9.97. The molecule has 3 aromatic carbocycles. The lowest BCUT2D eigenvalue weighted by Gasteiger charge is -2.20. The van der Waals surface area contributed by atoms with Gasteiger partial charge in [-0.15, -0.1) is 0 Å². The Kier molecular flexibility index (Phi) is 8.23. The Labute approximate surface area is 229 Å². The van der Waals surface area contributed by atoms with E-state index in [1.165, 1.54) is 22.3 Å². The van der Waals surface area contributed by atoms with E-state index in [0.29, 0.717) is 28.6 Å². The zero-order valence-corrected chi connectivity index (χ0v) is 22.2. The summed E-state index contributed by atoms with van der Waals surface area (Å²) in [7, 11) is 0. The Morgan fingerprint density at radius 1 is 1.05 bits per heavy atom. The second-order valence-corrected chi connectivity index (χ2v) is 9.84. The first kappa shape index (κ1) is 25.8. The van der Waals surface area contributed by atoms with Gasteiger partial charge in [0.1, 0.15) is 30.3 Å². The molecular formula is C32H30ClN3O2. The molecule has 192 valence electrons. The maximum absolute atomic E-state index is 9.20. The molecule has 0 spiro atoms. The average Bonchev–Trinajstić information content (AvgIpc) is 3.37. The summed E-state index contributed by atoms with van der Waals surface area (Å²) in [4.78, 5) is 4.14. The van der Waals surface area contributed by atoms with Gasteiger partial charge in [-0.25, -0.2) is 0 Å². The molecule has 1 N–H and O–H groups in total. The van der Waals surface area contributed by atoms with E-state index in [4.69, 9.17) is 21.1 Å². The average molecular weight is 524 g/mol. The van der Waals surface area contributed by atoms with Gasteiger partial charge in [0, 0.05) is 36.1 Å². The molecule has 1 aromatic heterocycles. The molecule has 4 aromatic rings. The van der Waals surface area contributed by atoms with Gasteiger partial charge in [-0.05, 0) is 60.2 Å². The number of nitrogens with zero attached hydrogens (tertiary/aromatic N) is 2. The molecule has 6 heteroatoms. The van der Waals surface area contributed by atoms with Crippen molar-refractivity contribution < 1.29 is 9.47 Å². The molecule has 1 aliphatic carbocycles. The lowest BCUT2D eigenvalue weighted by Crippen LogP contribution is -2.15. The summed E-state index contributed by atoms with van der Waals surface area (Å²) < 4.78 is 12.8. The summed E-state index contributed by atoms with van der Waals surface area (Å²) in [5.74, 6) is 1.30. The molecule has 0 aliphatic heterocycles. The van der Waals surface area contributed by atoms with Crippen molar-refractivity contribution in [2.24, 2.45) is 0 Å². The zero-order valence-electron chi connectivity index (χ0n) is 21.4. The third-order valence-corrected chi connectivity index (χ3v) is 7.04. The van der Waals surface area contributed by atoms with Crippen LogP contribution in [0.2, 0.25) is 5.02 Å². The van der Waals surface area contributed by atoms with Gasteiger partial charge in [-0.1, -0.05) is 67.1 Å². The van der Waals surface area contributed by atoms with E-state index in [2.05, 4.69) is 65.8 Å². The van der Waals surface area contributed by atoms with Gasteiger partial charge in [0.05, 0.1) is 10.6 Å². The van der Waals surface area contributed by atoms with E-state index in [1.807, 2.05) is 18.2 Å². The number of benzene rings is 3. The number of rotatable bonds is 10. The quantitative estimate of drug-likeness (QED) is 0.219. The summed E-state index contributed by atoms with van der Waals surface area (Å²) >= 11 is 6.75. The van der Waals surface area contributed by atoms with Gasteiger partial charge in [-0.2, -0.15) is 5.26 Å². The van der Waals surface area contributed by atoms with Crippen LogP contribution in [0.25, 0.3) is 11.1 Å². The minimum atomic E-state index is -0.0837. The number of hydrogen-bond donors (Lipinski definition) is 1. The highest BCUT2D eigenvalue weighted by atomic mass is 35.5. The largest absolute Gasteiger partial charge is 0.488 e. The highest BCUT2D eigenvalue weighted by Gasteiger charge is 2.27. The van der Waals surface area contributed by atoms with Crippen molar-refractivity contribution in [3.63, 3.8) is 0 Å². The Bertz CT molecular complexity index is 1450. The number of hydrogen-bond acceptors (Lipinski definition) is 5. The maximum Gasteiger partial charge on any atom is 0.142 e. The summed E-state index contributed by atoms with van der Waals surface area (Å²) in [6.07, 6.45) is 6.04. The van der Waals surface area contributed by atoms with Crippen molar-refractivity contribution in [3.05, 3.63) is 112 Å². The van der Waals surface area contributed by atoms with Gasteiger partial charge < -0.3 is 14.8 Å². The molecule has 1 unspecified atom stereocenters. The van der Waals surface area contributed by atoms with Crippen LogP contribution in [0, 0.1) is 11.3 Å². The van der Waals surface area contributed by atoms with E-state index < -0.39 is 0 Å². The predicted octanol–water partition coefficient (Wildman–Crippen LogP) is 7.42. The fourth-order valence-corrected chi connectivity index (χ4v) is 5.14. The van der Waals surface area contributed by atoms with Crippen LogP contribution in [0.1, 0.15) is 53.7 Å². The van der Waals surface area contributed by atoms with Gasteiger partial charge in [-0.3, -0.25) is 4.98 Å². The molecule has 0 bridgehead atoms. The topological polar surface area (TPSA) is 67.2 Å². The molecule has 38 heavy (non-hydrogen) atoms. The monoisotopic (exact) mass is 523 g/mol. The van der Waals surface area contributed by atoms with Gasteiger partial charge in [0.2, 0.25) is 0 Å². The Morgan fingerprint density at radius 2 is 1.92 bits per heavy atom. The molecule has 5 rings (SSSR count). The van der Waals surface area contributed by atoms with E-state index in [-0.39, 0.29) is 12.7 Å². The molecule has 0 radical (unpaired) electrons. The van der Waals surface area contributed by atoms with Crippen LogP contribution >= 0.6 is 11.6 Å². The molecule has 0 saturated carbocycles. The van der Waals surface area contributed by atoms with Crippen molar-refractivity contribution in [1.29, 1.82) is 5.26 Å². The number of nitriles is 1. The van der Waals surface area contributed by atoms with Crippen LogP contribution in [0.3, 0.4) is 0 Å². The van der Waals surface area contributed by atoms with Crippen LogP contribution in [-0.2, 0) is 19.6 Å². The van der Waals surface area contributed by atoms with Gasteiger partial charge in [0.25, 0.3) is 0 Å². The highest BCUT2D eigenvalue weighted by molar-refractivity contribution is 6.32. The molecule has 0 fully saturated rings. The van der Waals surface area contributed by atoms with Crippen LogP contribution in [0.15, 0.2) is 79.1 Å². The summed E-state index contributed by atoms with van der Waals surface area (Å²) in [6, 6.07) is 24.7. The number of nitrogens with one attached hydrogen (secondary N) is 1. The number of aromatic nitrogens is 1. The molecule has 1 heterocycles. The molecule has 0 amide bonds. The number of halogens is 1. The van der Waals surface area contributed by atoms with E-state index in [0.717, 1.165) is 36.9 Å². The van der Waals surface area contributed by atoms with Gasteiger partial charge in [0.15, 0.2) is 0 Å². The van der Waals surface area contributed by atoms with Crippen molar-refractivity contribution in [3.8, 4) is 28.7 Å². The Hall–Kier alpha value is -3.85. The van der Waals surface area contributed by atoms with Crippen molar-refractivity contribution in [2.75, 3.05) is 6.54 Å². The van der Waals surface area contributed by atoms with Crippen molar-refractivity contribution in [2.45, 2.75) is 45.4 Å². The minimum absolute atomic E-state index is 0.0837. The second kappa shape index (κ2) is 12.1. The Balaban J connectivity index is 1.40. The predicted molar refractivity (Wildman–Crippen MR) is 150 cm³/mol. The first-order valence-electron chi connectivity index (χ1n) is 13.0. The Morgan fingerprint density at radius 3 is 2.74 bits per heavy atom. The number of fused-ring (bicyclic) bond motifs is 1. The standard InChI is InChI=1S/C32H30ClN3O2/c1-2-13-35-20-25-15-29(33)32(16-31(25)37-21-23-14-22(17-34)18-36-19-23)38-30-12-11-27-26(9-6-10-28(27)30)24-7-4-3-5-8-24/h3-10,14-16,18-19,30,35H,2,11-13,20-21H2,1H3. The second-order valence-electron chi connectivity index (χ2n) is 9.43. The smallest absolute Gasteiger partial charge is 0.142 e. The number of ether oxygens (including phenoxy) is 2. The molecule has 0 saturated heterocycles. The van der Waals surface area contributed by atoms with Crippen molar-refractivity contribution >= 4 is 11.6 Å². The summed E-state index contributed by atoms with van der Waals surface area (Å²) in [5, 5.41) is 13.2. The lowest BCUT2D eigenvalue weighted by molar-refractivity contribution is 0.206. The molecule has 1 atom stereocenters. The van der Waals surface area contributed by atoms with Crippen LogP contribution in [0.4, 0.5) is 0 Å². The molecule has 5 nitrogen and oxygen atoms in total. The molecule has 1 aliphatic rings. The van der Waals surface area contributed by atoms with E-state index in [1.54, 1.807) is 18.5 Å². The fraction of sp³-hybridized carbons (Fsp3) is 0.250. The zero-order chi connectivity index (χ0) is 26.3. The molecular weight excluding hydrogens is 494 g/mol. The third kappa shape index (κ3) is 5.83. The third-order valence-electron chi connectivity index (χ3n) is 6.75.